The van der Waals surface area contributed by atoms with Gasteiger partial charge in [0.25, 0.3) is 0 Å². The van der Waals surface area contributed by atoms with Gasteiger partial charge in [0, 0.05) is 31.7 Å². The number of unbranched alkanes of at least 4 members (excludes halogenated alkanes) is 16. The van der Waals surface area contributed by atoms with E-state index in [4.69, 9.17) is 46.4 Å². The van der Waals surface area contributed by atoms with Crippen LogP contribution in [0.15, 0.2) is 0 Å². The molecule has 0 atom stereocenters. The van der Waals surface area contributed by atoms with Gasteiger partial charge in [-0.25, -0.2) is 0 Å². The van der Waals surface area contributed by atoms with E-state index in [9.17, 15) is 0 Å². The smallest absolute Gasteiger partial charge is 1.00 e. The Hall–Kier alpha value is 4.94. The first-order valence-corrected chi connectivity index (χ1v) is 31.9. The molecule has 0 aliphatic carbocycles. The van der Waals surface area contributed by atoms with Gasteiger partial charge in [-0.3, -0.25) is 0 Å². The van der Waals surface area contributed by atoms with Crippen LogP contribution in [0.25, 0.3) is 0 Å². The summed E-state index contributed by atoms with van der Waals surface area (Å²) >= 11 is 19.1. The third-order valence-corrected chi connectivity index (χ3v) is 24.1. The van der Waals surface area contributed by atoms with E-state index in [-0.39, 0.29) is 112 Å². The van der Waals surface area contributed by atoms with Gasteiger partial charge in [-0.1, -0.05) is 64.2 Å². The van der Waals surface area contributed by atoms with Crippen molar-refractivity contribution in [2.24, 2.45) is 0 Å². The van der Waals surface area contributed by atoms with E-state index in [1.54, 1.807) is 177 Å². The fourth-order valence-electron chi connectivity index (χ4n) is 8.47. The van der Waals surface area contributed by atoms with Crippen molar-refractivity contribution in [2.45, 2.75) is 167 Å². The van der Waals surface area contributed by atoms with Crippen LogP contribution in [0.2, 0.25) is 0 Å². The van der Waals surface area contributed by atoms with Crippen molar-refractivity contribution < 1.29 is 69.6 Å². The molecule has 4 saturated heterocycles. The minimum Gasteiger partial charge on any atom is -1.00 e. The summed E-state index contributed by atoms with van der Waals surface area (Å²) in [5.41, 5.74) is 0. The van der Waals surface area contributed by atoms with Crippen LogP contribution in [0, 0.1) is 0 Å². The monoisotopic (exact) mass is 1290 g/mol. The molecule has 324 valence electrons. The SMILES string of the molecule is C(CCCCC[PH+]1CCCC1)CCCCC[PH+]1CCCC1.C(CCCCC[PH+]1CCCC1)CCCCC[PH+]1CCCC1.ClCCl.ClCCl.[Au+].[Au+].[Cl-].[Cl-]. The minimum atomic E-state index is 0. The summed E-state index contributed by atoms with van der Waals surface area (Å²) in [6, 6.07) is 0. The van der Waals surface area contributed by atoms with E-state index in [1.165, 1.54) is 64.2 Å². The molecule has 0 spiro atoms. The van der Waals surface area contributed by atoms with Crippen molar-refractivity contribution in [1.29, 1.82) is 0 Å². The van der Waals surface area contributed by atoms with Gasteiger partial charge in [0.1, 0.15) is 0 Å². The zero-order valence-electron chi connectivity index (χ0n) is 33.2. The van der Waals surface area contributed by atoms with Gasteiger partial charge in [0.2, 0.25) is 0 Å². The Kier molecular flexibility index (Phi) is 63.7. The fourth-order valence-corrected chi connectivity index (χ4v) is 20.5. The normalized spacial score (nSPS) is 17.3. The number of rotatable bonds is 24. The van der Waals surface area contributed by atoms with Crippen LogP contribution in [0.1, 0.15) is 167 Å². The maximum atomic E-state index is 4.76. The van der Waals surface area contributed by atoms with Crippen LogP contribution in [-0.2, 0) is 44.8 Å². The van der Waals surface area contributed by atoms with Crippen molar-refractivity contribution in [1.82, 2.24) is 0 Å². The minimum absolute atomic E-state index is 0. The summed E-state index contributed by atoms with van der Waals surface area (Å²) in [6.07, 6.45) is 60.0. The molecular weight excluding hydrogens is 1210 g/mol. The molecule has 0 aromatic rings. The molecule has 0 aromatic heterocycles. The molecule has 0 N–H and O–H groups in total. The topological polar surface area (TPSA) is 0 Å². The first-order valence-electron chi connectivity index (χ1n) is 21.3. The zero-order chi connectivity index (χ0) is 34.6. The second-order valence-corrected chi connectivity index (χ2v) is 29.0. The summed E-state index contributed by atoms with van der Waals surface area (Å²) in [5, 5.41) is 0.389. The van der Waals surface area contributed by atoms with E-state index in [2.05, 4.69) is 0 Å². The Morgan fingerprint density at radius 2 is 0.365 bits per heavy atom. The molecule has 0 bridgehead atoms. The molecule has 0 aromatic carbocycles. The third-order valence-electron chi connectivity index (χ3n) is 11.4. The van der Waals surface area contributed by atoms with E-state index in [0.29, 0.717) is 0 Å². The second-order valence-electron chi connectivity index (χ2n) is 15.4. The molecule has 4 heterocycles. The van der Waals surface area contributed by atoms with Gasteiger partial charge in [0.15, 0.2) is 0 Å². The molecule has 0 radical (unpaired) electrons. The van der Waals surface area contributed by atoms with Crippen molar-refractivity contribution >= 4 is 78.1 Å². The Morgan fingerprint density at radius 3 is 0.500 bits per heavy atom. The molecule has 0 saturated carbocycles. The first kappa shape index (κ1) is 63.6. The molecule has 12 heteroatoms. The molecule has 0 unspecified atom stereocenters. The molecule has 0 amide bonds. The molecule has 4 aliphatic rings. The standard InChI is InChI=1S/2C19H38P2.2CH2Cl2.2Au.2ClH/c2*1(2-4-6-8-14-20-16-10-11-17-20)3-5-7-9-15-21-18-12-13-19-21;2*2-1-3;;;;/h2*1-19H2;2*1H2;;;2*1H/q;;;;2*+1;;/p+2. The van der Waals surface area contributed by atoms with Crippen LogP contribution >= 0.6 is 78.1 Å². The molecule has 4 aliphatic heterocycles. The zero-order valence-corrected chi connectivity index (χ0v) is 46.0. The Bertz CT molecular complexity index is 527. The van der Waals surface area contributed by atoms with E-state index in [0.717, 1.165) is 0 Å². The van der Waals surface area contributed by atoms with Crippen LogP contribution in [0.4, 0.5) is 0 Å². The Balaban J connectivity index is -0.000000360. The first-order chi connectivity index (χ1) is 23.7. The predicted octanol–water partition coefficient (Wildman–Crippen LogP) is 9.87. The van der Waals surface area contributed by atoms with Gasteiger partial charge in [-0.05, 0) is 103 Å². The predicted molar refractivity (Wildman–Crippen MR) is 245 cm³/mol. The van der Waals surface area contributed by atoms with Gasteiger partial charge in [-0.15, -0.1) is 46.4 Å². The van der Waals surface area contributed by atoms with E-state index < -0.39 is 0 Å². The van der Waals surface area contributed by atoms with Gasteiger partial charge >= 0.3 is 44.8 Å². The largest absolute Gasteiger partial charge is 1.00 e. The van der Waals surface area contributed by atoms with Crippen molar-refractivity contribution in [3.8, 4) is 0 Å². The molecule has 4 fully saturated rings. The number of halogens is 6. The van der Waals surface area contributed by atoms with Crippen LogP contribution in [-0.4, -0.2) is 84.6 Å². The summed E-state index contributed by atoms with van der Waals surface area (Å²) < 4.78 is 0. The summed E-state index contributed by atoms with van der Waals surface area (Å²) in [5.74, 6) is 0. The van der Waals surface area contributed by atoms with Crippen molar-refractivity contribution in [3.05, 3.63) is 0 Å². The Labute approximate surface area is 395 Å². The van der Waals surface area contributed by atoms with Gasteiger partial charge in [0.05, 0.1) is 84.6 Å². The van der Waals surface area contributed by atoms with Crippen LogP contribution in [0.3, 0.4) is 0 Å². The maximum Gasteiger partial charge on any atom is 1.00 e. The van der Waals surface area contributed by atoms with Gasteiger partial charge < -0.3 is 24.8 Å². The van der Waals surface area contributed by atoms with E-state index in [1.807, 2.05) is 0 Å². The number of alkyl halides is 4. The average Bonchev–Trinajstić information content (AvgIpc) is 3.93. The Morgan fingerprint density at radius 1 is 0.250 bits per heavy atom. The maximum absolute atomic E-state index is 4.76. The molecule has 4 rings (SSSR count). The summed E-state index contributed by atoms with van der Waals surface area (Å²) in [6.45, 7) is 0. The quantitative estimate of drug-likeness (QED) is 0.0391. The van der Waals surface area contributed by atoms with Crippen LogP contribution < -0.4 is 24.8 Å². The fraction of sp³-hybridized carbons (Fsp3) is 1.00. The molecular formula is C40H84Au2Cl6P4+4. The van der Waals surface area contributed by atoms with Crippen molar-refractivity contribution in [3.63, 3.8) is 0 Å². The average molecular weight is 1300 g/mol. The number of hydrogen-bond acceptors (Lipinski definition) is 0. The van der Waals surface area contributed by atoms with E-state index >= 15 is 0 Å². The van der Waals surface area contributed by atoms with Crippen LogP contribution in [0.5, 0.6) is 0 Å². The number of hydrogen-bond donors (Lipinski definition) is 0. The van der Waals surface area contributed by atoms with Crippen molar-refractivity contribution in [2.75, 3.05) is 84.6 Å². The second kappa shape index (κ2) is 52.1. The molecule has 0 nitrogen and oxygen atoms in total. The third kappa shape index (κ3) is 43.0. The summed E-state index contributed by atoms with van der Waals surface area (Å²) in [4.78, 5) is 0. The summed E-state index contributed by atoms with van der Waals surface area (Å²) in [7, 11) is 0.704. The van der Waals surface area contributed by atoms with Gasteiger partial charge in [-0.2, -0.15) is 0 Å². The molecule has 52 heavy (non-hydrogen) atoms.